The van der Waals surface area contributed by atoms with Crippen LogP contribution in [-0.4, -0.2) is 63.8 Å². The lowest BCUT2D eigenvalue weighted by Crippen LogP contribution is -2.36. The van der Waals surface area contributed by atoms with E-state index in [0.29, 0.717) is 5.82 Å². The van der Waals surface area contributed by atoms with Gasteiger partial charge in [-0.2, -0.15) is 5.10 Å². The number of likely N-dealkylation sites (tertiary alicyclic amines) is 2. The maximum absolute atomic E-state index is 12.6. The summed E-state index contributed by atoms with van der Waals surface area (Å²) in [5, 5.41) is 7.14. The standard InChI is InChI=1S/C18H24N6O/c1-22-7-4-18(12-22)5-8-24(13-18)17(25)21-16-9-14(3-6-19-16)15-10-20-23(2)11-15/h3,6,9-11H,4-5,7-8,12-13H2,1-2H3,(H,19,21,25). The third-order valence-electron chi connectivity index (χ3n) is 5.39. The van der Waals surface area contributed by atoms with E-state index in [2.05, 4.69) is 27.3 Å². The van der Waals surface area contributed by atoms with Crippen LogP contribution in [0.15, 0.2) is 30.7 Å². The Labute approximate surface area is 147 Å². The number of rotatable bonds is 2. The molecule has 7 nitrogen and oxygen atoms in total. The molecule has 4 rings (SSSR count). The van der Waals surface area contributed by atoms with E-state index in [4.69, 9.17) is 0 Å². The molecule has 7 heteroatoms. The van der Waals surface area contributed by atoms with Gasteiger partial charge in [0.2, 0.25) is 0 Å². The van der Waals surface area contributed by atoms with Gasteiger partial charge in [0.1, 0.15) is 5.82 Å². The van der Waals surface area contributed by atoms with Crippen molar-refractivity contribution in [2.75, 3.05) is 38.5 Å². The molecule has 0 radical (unpaired) electrons. The molecular formula is C18H24N6O. The molecule has 0 aromatic carbocycles. The van der Waals surface area contributed by atoms with E-state index >= 15 is 0 Å². The molecule has 1 spiro atoms. The van der Waals surface area contributed by atoms with Gasteiger partial charge >= 0.3 is 6.03 Å². The van der Waals surface area contributed by atoms with Gasteiger partial charge in [-0.1, -0.05) is 0 Å². The molecule has 4 heterocycles. The molecule has 2 aliphatic rings. The Kier molecular flexibility index (Phi) is 3.95. The van der Waals surface area contributed by atoms with Gasteiger partial charge in [-0.3, -0.25) is 10.00 Å². The number of hydrogen-bond acceptors (Lipinski definition) is 4. The number of nitrogens with zero attached hydrogens (tertiary/aromatic N) is 5. The minimum atomic E-state index is -0.0535. The number of aromatic nitrogens is 3. The molecule has 2 aromatic heterocycles. The van der Waals surface area contributed by atoms with E-state index in [1.807, 2.05) is 36.5 Å². The van der Waals surface area contributed by atoms with Gasteiger partial charge in [-0.05, 0) is 44.1 Å². The first-order valence-corrected chi connectivity index (χ1v) is 8.73. The van der Waals surface area contributed by atoms with Crippen LogP contribution in [0.5, 0.6) is 0 Å². The van der Waals surface area contributed by atoms with Crippen molar-refractivity contribution in [1.29, 1.82) is 0 Å². The van der Waals surface area contributed by atoms with Crippen LogP contribution in [0.25, 0.3) is 11.1 Å². The van der Waals surface area contributed by atoms with Gasteiger partial charge < -0.3 is 9.80 Å². The van der Waals surface area contributed by atoms with E-state index in [1.54, 1.807) is 10.9 Å². The zero-order chi connectivity index (χ0) is 17.4. The van der Waals surface area contributed by atoms with Crippen molar-refractivity contribution in [2.24, 2.45) is 12.5 Å². The summed E-state index contributed by atoms with van der Waals surface area (Å²) in [4.78, 5) is 21.2. The second-order valence-corrected chi connectivity index (χ2v) is 7.42. The number of nitrogens with one attached hydrogen (secondary N) is 1. The lowest BCUT2D eigenvalue weighted by molar-refractivity contribution is 0.212. The summed E-state index contributed by atoms with van der Waals surface area (Å²) in [6.07, 6.45) is 7.74. The molecule has 2 saturated heterocycles. The Morgan fingerprint density at radius 3 is 2.76 bits per heavy atom. The number of hydrogen-bond donors (Lipinski definition) is 1. The fraction of sp³-hybridized carbons (Fsp3) is 0.500. The van der Waals surface area contributed by atoms with Crippen LogP contribution in [0.1, 0.15) is 12.8 Å². The zero-order valence-corrected chi connectivity index (χ0v) is 14.8. The van der Waals surface area contributed by atoms with E-state index < -0.39 is 0 Å². The number of urea groups is 1. The van der Waals surface area contributed by atoms with Crippen LogP contribution < -0.4 is 5.32 Å². The second kappa shape index (κ2) is 6.15. The molecule has 2 aromatic rings. The van der Waals surface area contributed by atoms with Crippen molar-refractivity contribution in [2.45, 2.75) is 12.8 Å². The second-order valence-electron chi connectivity index (χ2n) is 7.42. The summed E-state index contributed by atoms with van der Waals surface area (Å²) >= 11 is 0. The van der Waals surface area contributed by atoms with Gasteiger partial charge in [-0.25, -0.2) is 9.78 Å². The molecule has 0 saturated carbocycles. The highest BCUT2D eigenvalue weighted by Crippen LogP contribution is 2.39. The number of carbonyl (C=O) groups excluding carboxylic acids is 1. The van der Waals surface area contributed by atoms with E-state index in [0.717, 1.165) is 43.7 Å². The van der Waals surface area contributed by atoms with Crippen molar-refractivity contribution >= 4 is 11.8 Å². The third-order valence-corrected chi connectivity index (χ3v) is 5.39. The van der Waals surface area contributed by atoms with Crippen molar-refractivity contribution in [3.05, 3.63) is 30.7 Å². The minimum Gasteiger partial charge on any atom is -0.324 e. The first-order valence-electron chi connectivity index (χ1n) is 8.73. The molecule has 2 amide bonds. The third kappa shape index (κ3) is 3.24. The van der Waals surface area contributed by atoms with E-state index in [1.165, 1.54) is 6.42 Å². The highest BCUT2D eigenvalue weighted by molar-refractivity contribution is 5.89. The number of carbonyl (C=O) groups is 1. The average Bonchev–Trinajstić information content (AvgIpc) is 3.29. The Hall–Kier alpha value is -2.41. The molecule has 132 valence electrons. The van der Waals surface area contributed by atoms with Crippen molar-refractivity contribution in [3.63, 3.8) is 0 Å². The molecule has 1 unspecified atom stereocenters. The summed E-state index contributed by atoms with van der Waals surface area (Å²) in [6, 6.07) is 3.76. The van der Waals surface area contributed by atoms with Gasteiger partial charge in [0, 0.05) is 50.1 Å². The Morgan fingerprint density at radius 1 is 1.20 bits per heavy atom. The van der Waals surface area contributed by atoms with E-state index in [-0.39, 0.29) is 11.4 Å². The van der Waals surface area contributed by atoms with Crippen LogP contribution in [-0.2, 0) is 7.05 Å². The molecular weight excluding hydrogens is 316 g/mol. The van der Waals surface area contributed by atoms with Crippen LogP contribution in [0.3, 0.4) is 0 Å². The molecule has 25 heavy (non-hydrogen) atoms. The number of anilines is 1. The molecule has 2 aliphatic heterocycles. The zero-order valence-electron chi connectivity index (χ0n) is 14.8. The van der Waals surface area contributed by atoms with Crippen LogP contribution in [0.4, 0.5) is 10.6 Å². The average molecular weight is 340 g/mol. The summed E-state index contributed by atoms with van der Waals surface area (Å²) in [6.45, 7) is 3.88. The Balaban J connectivity index is 1.43. The predicted molar refractivity (Wildman–Crippen MR) is 96.2 cm³/mol. The maximum Gasteiger partial charge on any atom is 0.323 e. The lowest BCUT2D eigenvalue weighted by Gasteiger charge is -2.23. The Morgan fingerprint density at radius 2 is 2.04 bits per heavy atom. The molecule has 0 bridgehead atoms. The van der Waals surface area contributed by atoms with Gasteiger partial charge in [0.05, 0.1) is 6.20 Å². The highest BCUT2D eigenvalue weighted by Gasteiger charge is 2.43. The molecule has 2 fully saturated rings. The molecule has 0 aliphatic carbocycles. The fourth-order valence-electron chi connectivity index (χ4n) is 4.04. The van der Waals surface area contributed by atoms with Crippen molar-refractivity contribution in [3.8, 4) is 11.1 Å². The van der Waals surface area contributed by atoms with E-state index in [9.17, 15) is 4.79 Å². The summed E-state index contributed by atoms with van der Waals surface area (Å²) in [5.74, 6) is 0.579. The number of aryl methyl sites for hydroxylation is 1. The summed E-state index contributed by atoms with van der Waals surface area (Å²) in [7, 11) is 4.04. The smallest absolute Gasteiger partial charge is 0.323 e. The lowest BCUT2D eigenvalue weighted by atomic mass is 9.86. The van der Waals surface area contributed by atoms with Crippen LogP contribution in [0.2, 0.25) is 0 Å². The topological polar surface area (TPSA) is 66.3 Å². The quantitative estimate of drug-likeness (QED) is 0.908. The predicted octanol–water partition coefficient (Wildman–Crippen LogP) is 2.04. The van der Waals surface area contributed by atoms with Crippen LogP contribution in [0, 0.1) is 5.41 Å². The fourth-order valence-corrected chi connectivity index (χ4v) is 4.04. The first kappa shape index (κ1) is 16.1. The summed E-state index contributed by atoms with van der Waals surface area (Å²) in [5.41, 5.74) is 2.29. The summed E-state index contributed by atoms with van der Waals surface area (Å²) < 4.78 is 1.76. The maximum atomic E-state index is 12.6. The number of pyridine rings is 1. The van der Waals surface area contributed by atoms with Crippen molar-refractivity contribution < 1.29 is 4.79 Å². The van der Waals surface area contributed by atoms with Gasteiger partial charge in [0.15, 0.2) is 0 Å². The normalized spacial score (nSPS) is 23.5. The minimum absolute atomic E-state index is 0.0535. The largest absolute Gasteiger partial charge is 0.324 e. The molecule has 1 atom stereocenters. The molecule has 1 N–H and O–H groups in total. The first-order chi connectivity index (χ1) is 12.0. The Bertz CT molecular complexity index is 787. The SMILES string of the molecule is CN1CCC2(CCN(C(=O)Nc3cc(-c4cnn(C)c4)ccn3)C2)C1. The highest BCUT2D eigenvalue weighted by atomic mass is 16.2. The van der Waals surface area contributed by atoms with Gasteiger partial charge in [-0.15, -0.1) is 0 Å². The van der Waals surface area contributed by atoms with Gasteiger partial charge in [0.25, 0.3) is 0 Å². The van der Waals surface area contributed by atoms with Crippen molar-refractivity contribution in [1.82, 2.24) is 24.6 Å². The van der Waals surface area contributed by atoms with Crippen LogP contribution >= 0.6 is 0 Å². The number of amides is 2. The monoisotopic (exact) mass is 340 g/mol.